The maximum absolute atomic E-state index is 12.8. The number of allylic oxidation sites excluding steroid dienone is 2. The molecule has 380 valence electrons. The van der Waals surface area contributed by atoms with E-state index in [0.29, 0.717) is 26.1 Å². The lowest BCUT2D eigenvalue weighted by molar-refractivity contribution is -0.163. The van der Waals surface area contributed by atoms with Crippen molar-refractivity contribution in [1.29, 1.82) is 0 Å². The Morgan fingerprint density at radius 2 is 0.625 bits per heavy atom. The van der Waals surface area contributed by atoms with Crippen LogP contribution in [0.15, 0.2) is 12.2 Å². The van der Waals surface area contributed by atoms with Crippen LogP contribution in [-0.2, 0) is 23.8 Å². The van der Waals surface area contributed by atoms with Crippen molar-refractivity contribution in [2.45, 2.75) is 335 Å². The number of hydrogen-bond donors (Lipinski definition) is 0. The van der Waals surface area contributed by atoms with Gasteiger partial charge in [-0.1, -0.05) is 290 Å². The van der Waals surface area contributed by atoms with E-state index in [0.717, 1.165) is 38.5 Å². The van der Waals surface area contributed by atoms with Crippen LogP contribution in [0.4, 0.5) is 0 Å². The summed E-state index contributed by atoms with van der Waals surface area (Å²) in [4.78, 5) is 25.5. The molecule has 0 aliphatic rings. The van der Waals surface area contributed by atoms with Crippen LogP contribution >= 0.6 is 0 Å². The second-order valence-electron chi connectivity index (χ2n) is 19.9. The Balaban J connectivity index is 4.15. The molecule has 0 rings (SSSR count). The molecule has 5 nitrogen and oxygen atoms in total. The van der Waals surface area contributed by atoms with Gasteiger partial charge < -0.3 is 14.2 Å². The molecule has 0 saturated heterocycles. The SMILES string of the molecule is CCCC/C=C\CCCCCCCCOCC(COC(=O)CCCCCCCCCCCCCCCCCCCCC)OC(=O)CCCCCCCCCCCCCCCCCCC. The number of hydrogen-bond acceptors (Lipinski definition) is 5. The molecule has 0 radical (unpaired) electrons. The molecule has 1 unspecified atom stereocenters. The zero-order valence-electron chi connectivity index (χ0n) is 43.8. The van der Waals surface area contributed by atoms with Gasteiger partial charge in [0.25, 0.3) is 0 Å². The molecule has 0 aromatic heterocycles. The first-order valence-electron chi connectivity index (χ1n) is 29.2. The van der Waals surface area contributed by atoms with Crippen molar-refractivity contribution in [2.24, 2.45) is 0 Å². The summed E-state index contributed by atoms with van der Waals surface area (Å²) < 4.78 is 17.5. The monoisotopic (exact) mass is 903 g/mol. The number of rotatable bonds is 55. The Kier molecular flexibility index (Phi) is 54.8. The van der Waals surface area contributed by atoms with Crippen LogP contribution in [-0.4, -0.2) is 37.9 Å². The van der Waals surface area contributed by atoms with Crippen LogP contribution in [0.3, 0.4) is 0 Å². The summed E-state index contributed by atoms with van der Waals surface area (Å²) in [7, 11) is 0. The van der Waals surface area contributed by atoms with Gasteiger partial charge in [0.1, 0.15) is 6.61 Å². The van der Waals surface area contributed by atoms with E-state index in [1.54, 1.807) is 0 Å². The minimum absolute atomic E-state index is 0.0929. The van der Waals surface area contributed by atoms with Crippen LogP contribution in [0.5, 0.6) is 0 Å². The highest BCUT2D eigenvalue weighted by atomic mass is 16.6. The fourth-order valence-corrected chi connectivity index (χ4v) is 8.91. The normalized spacial score (nSPS) is 12.1. The lowest BCUT2D eigenvalue weighted by Gasteiger charge is -2.18. The Labute approximate surface area is 401 Å². The molecule has 0 aromatic carbocycles. The standard InChI is InChI=1S/C59H114O5/c1-4-7-10-13-16-19-22-25-27-29-30-32-33-35-37-40-43-46-49-52-58(60)63-56-57(55-62-54-51-48-45-42-39-24-21-18-15-12-9-6-3)64-59(61)53-50-47-44-41-38-36-34-31-28-26-23-20-17-14-11-8-5-2/h15,18,57H,4-14,16-17,19-56H2,1-3H3/b18-15-. The van der Waals surface area contributed by atoms with Crippen molar-refractivity contribution < 1.29 is 23.8 Å². The van der Waals surface area contributed by atoms with Gasteiger partial charge in [0.2, 0.25) is 0 Å². The lowest BCUT2D eigenvalue weighted by atomic mass is 10.0. The minimum atomic E-state index is -0.530. The van der Waals surface area contributed by atoms with E-state index in [1.807, 2.05) is 0 Å². The van der Waals surface area contributed by atoms with Gasteiger partial charge in [-0.25, -0.2) is 0 Å². The molecule has 0 N–H and O–H groups in total. The molecule has 0 spiro atoms. The van der Waals surface area contributed by atoms with Crippen LogP contribution < -0.4 is 0 Å². The average molecular weight is 904 g/mol. The van der Waals surface area contributed by atoms with Gasteiger partial charge in [0.05, 0.1) is 6.61 Å². The predicted octanol–water partition coefficient (Wildman–Crippen LogP) is 19.8. The summed E-state index contributed by atoms with van der Waals surface area (Å²) in [5, 5.41) is 0. The zero-order chi connectivity index (χ0) is 46.3. The Hall–Kier alpha value is -1.36. The number of unbranched alkanes of at least 4 members (excludes halogenated alkanes) is 42. The number of carbonyl (C=O) groups excluding carboxylic acids is 2. The first kappa shape index (κ1) is 62.6. The summed E-state index contributed by atoms with van der Waals surface area (Å²) >= 11 is 0. The molecule has 0 aliphatic heterocycles. The summed E-state index contributed by atoms with van der Waals surface area (Å²) in [6.07, 6.45) is 65.2. The van der Waals surface area contributed by atoms with Crippen LogP contribution in [0.25, 0.3) is 0 Å². The quantitative estimate of drug-likeness (QED) is 0.0346. The van der Waals surface area contributed by atoms with E-state index in [-0.39, 0.29) is 18.5 Å². The van der Waals surface area contributed by atoms with Gasteiger partial charge in [0.15, 0.2) is 6.10 Å². The molecule has 0 bridgehead atoms. The maximum atomic E-state index is 12.8. The first-order valence-corrected chi connectivity index (χ1v) is 29.2. The van der Waals surface area contributed by atoms with Crippen LogP contribution in [0.1, 0.15) is 329 Å². The third-order valence-corrected chi connectivity index (χ3v) is 13.3. The second kappa shape index (κ2) is 56.0. The molecule has 64 heavy (non-hydrogen) atoms. The highest BCUT2D eigenvalue weighted by Gasteiger charge is 2.17. The third-order valence-electron chi connectivity index (χ3n) is 13.3. The Morgan fingerprint density at radius 1 is 0.328 bits per heavy atom. The van der Waals surface area contributed by atoms with E-state index in [1.165, 1.54) is 257 Å². The molecular formula is C59H114O5. The van der Waals surface area contributed by atoms with Crippen molar-refractivity contribution in [3.8, 4) is 0 Å². The Morgan fingerprint density at radius 3 is 1.00 bits per heavy atom. The van der Waals surface area contributed by atoms with E-state index in [2.05, 4.69) is 32.9 Å². The molecule has 0 aromatic rings. The summed E-state index contributed by atoms with van der Waals surface area (Å²) in [6.45, 7) is 7.87. The van der Waals surface area contributed by atoms with E-state index < -0.39 is 6.10 Å². The predicted molar refractivity (Wildman–Crippen MR) is 279 cm³/mol. The molecule has 0 saturated carbocycles. The van der Waals surface area contributed by atoms with Gasteiger partial charge >= 0.3 is 11.9 Å². The van der Waals surface area contributed by atoms with E-state index >= 15 is 0 Å². The van der Waals surface area contributed by atoms with Crippen molar-refractivity contribution in [3.63, 3.8) is 0 Å². The highest BCUT2D eigenvalue weighted by Crippen LogP contribution is 2.17. The summed E-state index contributed by atoms with van der Waals surface area (Å²) in [5.41, 5.74) is 0. The molecule has 5 heteroatoms. The molecule has 0 heterocycles. The van der Waals surface area contributed by atoms with E-state index in [4.69, 9.17) is 14.2 Å². The fourth-order valence-electron chi connectivity index (χ4n) is 8.91. The molecule has 0 fully saturated rings. The van der Waals surface area contributed by atoms with Crippen molar-refractivity contribution in [2.75, 3.05) is 19.8 Å². The van der Waals surface area contributed by atoms with Crippen molar-refractivity contribution >= 4 is 11.9 Å². The molecule has 0 aliphatic carbocycles. The van der Waals surface area contributed by atoms with Gasteiger partial charge in [-0.05, 0) is 38.5 Å². The van der Waals surface area contributed by atoms with Crippen LogP contribution in [0, 0.1) is 0 Å². The van der Waals surface area contributed by atoms with Gasteiger partial charge in [-0.3, -0.25) is 9.59 Å². The largest absolute Gasteiger partial charge is 0.462 e. The Bertz CT molecular complexity index is 932. The maximum Gasteiger partial charge on any atom is 0.306 e. The van der Waals surface area contributed by atoms with E-state index in [9.17, 15) is 9.59 Å². The summed E-state index contributed by atoms with van der Waals surface area (Å²) in [6, 6.07) is 0. The smallest absolute Gasteiger partial charge is 0.306 e. The molecule has 0 amide bonds. The number of ether oxygens (including phenoxy) is 3. The minimum Gasteiger partial charge on any atom is -0.462 e. The van der Waals surface area contributed by atoms with Crippen LogP contribution in [0.2, 0.25) is 0 Å². The van der Waals surface area contributed by atoms with Crippen molar-refractivity contribution in [1.82, 2.24) is 0 Å². The molecular weight excluding hydrogens is 789 g/mol. The highest BCUT2D eigenvalue weighted by molar-refractivity contribution is 5.70. The fraction of sp³-hybridized carbons (Fsp3) is 0.932. The summed E-state index contributed by atoms with van der Waals surface area (Å²) in [5.74, 6) is -0.373. The number of esters is 2. The molecule has 1 atom stereocenters. The third kappa shape index (κ3) is 53.3. The van der Waals surface area contributed by atoms with Gasteiger partial charge in [0, 0.05) is 19.4 Å². The number of carbonyl (C=O) groups is 2. The van der Waals surface area contributed by atoms with Gasteiger partial charge in [-0.2, -0.15) is 0 Å². The zero-order valence-corrected chi connectivity index (χ0v) is 43.8. The first-order chi connectivity index (χ1) is 31.6. The van der Waals surface area contributed by atoms with Crippen molar-refractivity contribution in [3.05, 3.63) is 12.2 Å². The second-order valence-corrected chi connectivity index (χ2v) is 19.9. The van der Waals surface area contributed by atoms with Gasteiger partial charge in [-0.15, -0.1) is 0 Å². The average Bonchev–Trinajstić information content (AvgIpc) is 3.30. The lowest BCUT2D eigenvalue weighted by Crippen LogP contribution is -2.30. The topological polar surface area (TPSA) is 61.8 Å².